The molecule has 194 valence electrons. The molecule has 2 aliphatic carbocycles. The monoisotopic (exact) mass is 574 g/mol. The van der Waals surface area contributed by atoms with E-state index in [2.05, 4.69) is 111 Å². The Labute approximate surface area is 239 Å². The molecule has 0 unspecified atom stereocenters. The molecule has 0 bridgehead atoms. The van der Waals surface area contributed by atoms with E-state index >= 15 is 0 Å². The van der Waals surface area contributed by atoms with Gasteiger partial charge in [0.25, 0.3) is 0 Å². The van der Waals surface area contributed by atoms with Gasteiger partial charge in [0, 0.05) is 0 Å². The van der Waals surface area contributed by atoms with Gasteiger partial charge < -0.3 is 24.8 Å². The average molecular weight is 576 g/mol. The summed E-state index contributed by atoms with van der Waals surface area (Å²) in [5.41, 5.74) is 13.1. The fourth-order valence-electron chi connectivity index (χ4n) is 6.01. The fraction of sp³-hybridized carbons (Fsp3) is 0.500. The van der Waals surface area contributed by atoms with Crippen LogP contribution in [0.4, 0.5) is 0 Å². The molecule has 0 fully saturated rings. The molecule has 0 saturated carbocycles. The van der Waals surface area contributed by atoms with Crippen molar-refractivity contribution in [2.75, 3.05) is 0 Å². The second kappa shape index (κ2) is 11.7. The minimum atomic E-state index is -1.61. The van der Waals surface area contributed by atoms with E-state index in [1.165, 1.54) is 41.5 Å². The maximum atomic E-state index is 2.63. The maximum Gasteiger partial charge on any atom is -1.00 e. The third kappa shape index (κ3) is 5.72. The summed E-state index contributed by atoms with van der Waals surface area (Å²) in [5, 5.41) is 0. The van der Waals surface area contributed by atoms with E-state index < -0.39 is 22.8 Å². The van der Waals surface area contributed by atoms with Gasteiger partial charge in [0.15, 0.2) is 0 Å². The van der Waals surface area contributed by atoms with Gasteiger partial charge in [-0.2, -0.15) is 0 Å². The van der Waals surface area contributed by atoms with Gasteiger partial charge in [-0.05, 0) is 0 Å². The van der Waals surface area contributed by atoms with E-state index in [1.807, 2.05) is 3.88 Å². The summed E-state index contributed by atoms with van der Waals surface area (Å²) < 4.78 is 2.56. The summed E-state index contributed by atoms with van der Waals surface area (Å²) in [5.74, 6) is 0. The van der Waals surface area contributed by atoms with Crippen LogP contribution in [-0.2, 0) is 27.4 Å². The molecule has 36 heavy (non-hydrogen) atoms. The Kier molecular flexibility index (Phi) is 10.3. The molecule has 0 radical (unpaired) electrons. The molecule has 0 spiro atoms. The Bertz CT molecular complexity index is 1170. The number of hydrogen-bond acceptors (Lipinski definition) is 0. The molecule has 0 aliphatic heterocycles. The first-order valence-corrected chi connectivity index (χ1v) is 19.8. The van der Waals surface area contributed by atoms with Crippen LogP contribution in [0.5, 0.6) is 0 Å². The third-order valence-electron chi connectivity index (χ3n) is 7.94. The molecule has 2 aromatic carbocycles. The van der Waals surface area contributed by atoms with Gasteiger partial charge in [0.05, 0.1) is 0 Å². The Hall–Kier alpha value is -0.569. The molecule has 0 aromatic heterocycles. The quantitative estimate of drug-likeness (QED) is 0.489. The van der Waals surface area contributed by atoms with E-state index in [0.29, 0.717) is 4.22 Å². The van der Waals surface area contributed by atoms with Crippen molar-refractivity contribution in [2.45, 2.75) is 103 Å². The first-order chi connectivity index (χ1) is 15.9. The van der Waals surface area contributed by atoms with Crippen LogP contribution in [0.3, 0.4) is 0 Å². The smallest absolute Gasteiger partial charge is 1.00 e. The second-order valence-electron chi connectivity index (χ2n) is 12.5. The van der Waals surface area contributed by atoms with Crippen LogP contribution in [0, 0.1) is 0 Å². The Morgan fingerprint density at radius 2 is 1.25 bits per heavy atom. The van der Waals surface area contributed by atoms with E-state index in [9.17, 15) is 0 Å². The van der Waals surface area contributed by atoms with Crippen LogP contribution >= 0.6 is 0 Å². The zero-order valence-corrected chi connectivity index (χ0v) is 28.1. The van der Waals surface area contributed by atoms with Crippen LogP contribution < -0.4 is 24.8 Å². The van der Waals surface area contributed by atoms with Crippen molar-refractivity contribution in [2.24, 2.45) is 0 Å². The van der Waals surface area contributed by atoms with Gasteiger partial charge in [0.1, 0.15) is 0 Å². The molecule has 0 N–H and O–H groups in total. The second-order valence-corrected chi connectivity index (χ2v) is 24.6. The molecule has 0 atom stereocenters. The molecular formula is C32H44Cl2SiTi. The van der Waals surface area contributed by atoms with Crippen molar-refractivity contribution in [3.05, 3.63) is 79.8 Å². The normalized spacial score (nSPS) is 14.9. The van der Waals surface area contributed by atoms with Crippen LogP contribution in [0.15, 0.2) is 57.5 Å². The SMILES string of the molecule is CCC1=CC[C]([Ti+2]([CH]2c3cc(C(C)(C)C)ccc3-c3ccc(C(C)(C)C)cc32)=[Si](C)C)=C1CC.[Cl-].[Cl-]. The van der Waals surface area contributed by atoms with Gasteiger partial charge in [-0.1, -0.05) is 0 Å². The Morgan fingerprint density at radius 1 is 0.778 bits per heavy atom. The van der Waals surface area contributed by atoms with Gasteiger partial charge in [0.2, 0.25) is 0 Å². The molecular weight excluding hydrogens is 531 g/mol. The van der Waals surface area contributed by atoms with Crippen LogP contribution in [0.25, 0.3) is 11.1 Å². The first kappa shape index (κ1) is 31.6. The Morgan fingerprint density at radius 3 is 1.61 bits per heavy atom. The minimum absolute atomic E-state index is 0. The van der Waals surface area contributed by atoms with E-state index in [-0.39, 0.29) is 35.6 Å². The number of allylic oxidation sites excluding steroid dienone is 4. The maximum absolute atomic E-state index is 2.63. The summed E-state index contributed by atoms with van der Waals surface area (Å²) in [6.07, 6.45) is 5.79. The zero-order valence-electron chi connectivity index (χ0n) is 24.0. The van der Waals surface area contributed by atoms with Crippen molar-refractivity contribution < 1.29 is 41.4 Å². The standard InChI is InChI=1S/C21H25.C9H13.C2H6Si.2ClH.Ti/c1-20(2,3)16-7-9-18-14(12-16)11-15-13-17(21(4,5)6)8-10-19(15)18;1-3-8-6-5-7-9(8)4-2;1-3-2;;;/h7-13H,1-6H3;6H,3-5H2,1-2H3;1-2H3;2*1H;/q;;;;;+2/p-2. The van der Waals surface area contributed by atoms with E-state index in [4.69, 9.17) is 0 Å². The molecule has 0 saturated heterocycles. The first-order valence-electron chi connectivity index (χ1n) is 13.3. The van der Waals surface area contributed by atoms with E-state index in [1.54, 1.807) is 22.3 Å². The van der Waals surface area contributed by atoms with Crippen molar-refractivity contribution in [1.29, 1.82) is 0 Å². The summed E-state index contributed by atoms with van der Waals surface area (Å²) >= 11 is -1.61. The summed E-state index contributed by atoms with van der Waals surface area (Å²) in [6.45, 7) is 24.2. The minimum Gasteiger partial charge on any atom is -1.00 e. The number of rotatable bonds is 4. The van der Waals surface area contributed by atoms with Gasteiger partial charge >= 0.3 is 216 Å². The van der Waals surface area contributed by atoms with Crippen LogP contribution in [0.1, 0.15) is 101 Å². The van der Waals surface area contributed by atoms with Crippen LogP contribution in [-0.4, -0.2) is 6.19 Å². The average Bonchev–Trinajstić information content (AvgIpc) is 3.31. The Balaban J connectivity index is 0.00000228. The van der Waals surface area contributed by atoms with Crippen molar-refractivity contribution >= 4 is 6.19 Å². The third-order valence-corrected chi connectivity index (χ3v) is 20.2. The molecule has 0 nitrogen and oxygen atoms in total. The fourth-order valence-corrected chi connectivity index (χ4v) is 18.8. The van der Waals surface area contributed by atoms with Gasteiger partial charge in [-0.15, -0.1) is 0 Å². The molecule has 2 aromatic rings. The summed E-state index contributed by atoms with van der Waals surface area (Å²) in [7, 11) is 0. The largest absolute Gasteiger partial charge is 1.00 e. The molecule has 0 heterocycles. The topological polar surface area (TPSA) is 0 Å². The number of hydrogen-bond donors (Lipinski definition) is 0. The van der Waals surface area contributed by atoms with Crippen molar-refractivity contribution in [3.63, 3.8) is 0 Å². The predicted molar refractivity (Wildman–Crippen MR) is 149 cm³/mol. The van der Waals surface area contributed by atoms with E-state index in [0.717, 1.165) is 0 Å². The molecule has 4 heteroatoms. The number of halogens is 2. The van der Waals surface area contributed by atoms with Crippen LogP contribution in [0.2, 0.25) is 13.1 Å². The van der Waals surface area contributed by atoms with Gasteiger partial charge in [-0.3, -0.25) is 0 Å². The number of fused-ring (bicyclic) bond motifs is 3. The van der Waals surface area contributed by atoms with Crippen molar-refractivity contribution in [3.8, 4) is 11.1 Å². The van der Waals surface area contributed by atoms with Gasteiger partial charge in [-0.25, -0.2) is 0 Å². The molecule has 4 rings (SSSR count). The number of benzene rings is 2. The molecule has 0 amide bonds. The predicted octanol–water partition coefficient (Wildman–Crippen LogP) is 3.63. The zero-order chi connectivity index (χ0) is 25.0. The molecule has 2 aliphatic rings. The van der Waals surface area contributed by atoms with Crippen molar-refractivity contribution in [1.82, 2.24) is 0 Å². The summed E-state index contributed by atoms with van der Waals surface area (Å²) in [4.78, 5) is 0. The summed E-state index contributed by atoms with van der Waals surface area (Å²) in [6, 6.07) is 14.9.